The van der Waals surface area contributed by atoms with Crippen LogP contribution in [0.4, 0.5) is 0 Å². The first-order chi connectivity index (χ1) is 14.1. The van der Waals surface area contributed by atoms with Gasteiger partial charge in [0.05, 0.1) is 5.52 Å². The van der Waals surface area contributed by atoms with Crippen molar-refractivity contribution >= 4 is 22.7 Å². The molecule has 3 N–H and O–H groups in total. The maximum absolute atomic E-state index is 12.0. The van der Waals surface area contributed by atoms with E-state index < -0.39 is 5.91 Å². The number of primary amides is 1. The number of unbranched alkanes of at least 4 members (excludes halogenated alkanes) is 3. The number of aromatic nitrogens is 2. The van der Waals surface area contributed by atoms with Crippen molar-refractivity contribution in [2.75, 3.05) is 0 Å². The fourth-order valence-electron chi connectivity index (χ4n) is 3.24. The minimum absolute atomic E-state index is 0.0751. The molecule has 0 saturated carbocycles. The van der Waals surface area contributed by atoms with Gasteiger partial charge >= 0.3 is 0 Å². The first kappa shape index (κ1) is 20.5. The SMILES string of the molecule is CCCCCCC(=O)NCc1cccc(-c2cncc3ccc(C(N)=O)nc23)c1. The molecule has 0 bridgehead atoms. The Kier molecular flexibility index (Phi) is 6.89. The van der Waals surface area contributed by atoms with Crippen LogP contribution in [0.1, 0.15) is 55.1 Å². The van der Waals surface area contributed by atoms with Gasteiger partial charge in [-0.15, -0.1) is 0 Å². The highest BCUT2D eigenvalue weighted by molar-refractivity contribution is 5.97. The van der Waals surface area contributed by atoms with Crippen LogP contribution < -0.4 is 11.1 Å². The van der Waals surface area contributed by atoms with Crippen LogP contribution in [0.15, 0.2) is 48.8 Å². The molecule has 0 radical (unpaired) electrons. The second kappa shape index (κ2) is 9.78. The van der Waals surface area contributed by atoms with Crippen molar-refractivity contribution in [1.82, 2.24) is 15.3 Å². The molecule has 0 aliphatic rings. The Balaban J connectivity index is 1.76. The van der Waals surface area contributed by atoms with Crippen LogP contribution in [0.2, 0.25) is 0 Å². The summed E-state index contributed by atoms with van der Waals surface area (Å²) in [5.41, 5.74) is 9.01. The molecule has 1 aromatic carbocycles. The number of fused-ring (bicyclic) bond motifs is 1. The zero-order chi connectivity index (χ0) is 20.6. The van der Waals surface area contributed by atoms with Crippen molar-refractivity contribution < 1.29 is 9.59 Å². The topological polar surface area (TPSA) is 98.0 Å². The van der Waals surface area contributed by atoms with Gasteiger partial charge in [-0.25, -0.2) is 4.98 Å². The Morgan fingerprint density at radius 3 is 2.72 bits per heavy atom. The molecule has 2 amide bonds. The number of nitrogens with two attached hydrogens (primary N) is 1. The van der Waals surface area contributed by atoms with E-state index in [9.17, 15) is 9.59 Å². The lowest BCUT2D eigenvalue weighted by atomic mass is 10.0. The van der Waals surface area contributed by atoms with Gasteiger partial charge in [0.25, 0.3) is 5.91 Å². The van der Waals surface area contributed by atoms with Crippen LogP contribution in [0, 0.1) is 0 Å². The van der Waals surface area contributed by atoms with Gasteiger partial charge in [0, 0.05) is 36.3 Å². The van der Waals surface area contributed by atoms with E-state index >= 15 is 0 Å². The largest absolute Gasteiger partial charge is 0.364 e. The number of nitrogens with zero attached hydrogens (tertiary/aromatic N) is 2. The summed E-state index contributed by atoms with van der Waals surface area (Å²) in [7, 11) is 0. The van der Waals surface area contributed by atoms with Crippen LogP contribution in [-0.2, 0) is 11.3 Å². The van der Waals surface area contributed by atoms with Gasteiger partial charge in [-0.2, -0.15) is 0 Å². The van der Waals surface area contributed by atoms with Gasteiger partial charge in [-0.3, -0.25) is 14.6 Å². The third-order valence-corrected chi connectivity index (χ3v) is 4.84. The quantitative estimate of drug-likeness (QED) is 0.540. The fourth-order valence-corrected chi connectivity index (χ4v) is 3.24. The summed E-state index contributed by atoms with van der Waals surface area (Å²) in [6.07, 6.45) is 8.34. The zero-order valence-electron chi connectivity index (χ0n) is 16.6. The van der Waals surface area contributed by atoms with Crippen LogP contribution in [0.5, 0.6) is 0 Å². The Hall–Kier alpha value is -3.28. The molecular formula is C23H26N4O2. The maximum atomic E-state index is 12.0. The maximum Gasteiger partial charge on any atom is 0.267 e. The number of amides is 2. The molecule has 0 fully saturated rings. The molecule has 0 unspecified atom stereocenters. The highest BCUT2D eigenvalue weighted by atomic mass is 16.2. The first-order valence-electron chi connectivity index (χ1n) is 9.99. The van der Waals surface area contributed by atoms with E-state index in [1.807, 2.05) is 24.3 Å². The minimum atomic E-state index is -0.565. The van der Waals surface area contributed by atoms with E-state index in [1.54, 1.807) is 24.5 Å². The molecule has 3 rings (SSSR count). The molecule has 3 aromatic rings. The summed E-state index contributed by atoms with van der Waals surface area (Å²) >= 11 is 0. The van der Waals surface area contributed by atoms with E-state index in [2.05, 4.69) is 22.2 Å². The van der Waals surface area contributed by atoms with E-state index in [1.165, 1.54) is 6.42 Å². The third kappa shape index (κ3) is 5.38. The number of carbonyl (C=O) groups excluding carboxylic acids is 2. The highest BCUT2D eigenvalue weighted by Crippen LogP contribution is 2.27. The zero-order valence-corrected chi connectivity index (χ0v) is 16.6. The predicted octanol–water partition coefficient (Wildman–Crippen LogP) is 3.98. The molecule has 0 spiro atoms. The van der Waals surface area contributed by atoms with Crippen LogP contribution in [0.3, 0.4) is 0 Å². The summed E-state index contributed by atoms with van der Waals surface area (Å²) in [5.74, 6) is -0.490. The normalized spacial score (nSPS) is 10.8. The smallest absolute Gasteiger partial charge is 0.267 e. The van der Waals surface area contributed by atoms with Crippen molar-refractivity contribution in [3.63, 3.8) is 0 Å². The Labute approximate surface area is 170 Å². The van der Waals surface area contributed by atoms with Crippen LogP contribution in [-0.4, -0.2) is 21.8 Å². The van der Waals surface area contributed by atoms with Crippen molar-refractivity contribution in [2.45, 2.75) is 45.6 Å². The van der Waals surface area contributed by atoms with Crippen molar-refractivity contribution in [1.29, 1.82) is 0 Å². The molecule has 0 saturated heterocycles. The molecule has 2 aromatic heterocycles. The van der Waals surface area contributed by atoms with Gasteiger partial charge in [0.2, 0.25) is 5.91 Å². The lowest BCUT2D eigenvalue weighted by molar-refractivity contribution is -0.121. The predicted molar refractivity (Wildman–Crippen MR) is 114 cm³/mol. The molecule has 0 atom stereocenters. The number of nitrogens with one attached hydrogen (secondary N) is 1. The number of carbonyl (C=O) groups is 2. The van der Waals surface area contributed by atoms with E-state index in [4.69, 9.17) is 5.73 Å². The average Bonchev–Trinajstić information content (AvgIpc) is 2.74. The number of hydrogen-bond acceptors (Lipinski definition) is 4. The molecule has 6 nitrogen and oxygen atoms in total. The molecule has 0 aliphatic carbocycles. The Morgan fingerprint density at radius 2 is 1.93 bits per heavy atom. The lowest BCUT2D eigenvalue weighted by Gasteiger charge is -2.10. The van der Waals surface area contributed by atoms with E-state index in [0.717, 1.165) is 41.3 Å². The minimum Gasteiger partial charge on any atom is -0.364 e. The summed E-state index contributed by atoms with van der Waals surface area (Å²) in [6, 6.07) is 11.3. The molecular weight excluding hydrogens is 364 g/mol. The second-order valence-electron chi connectivity index (χ2n) is 7.11. The molecule has 2 heterocycles. The third-order valence-electron chi connectivity index (χ3n) is 4.84. The fraction of sp³-hybridized carbons (Fsp3) is 0.304. The van der Waals surface area contributed by atoms with Gasteiger partial charge < -0.3 is 11.1 Å². The van der Waals surface area contributed by atoms with Gasteiger partial charge in [0.1, 0.15) is 5.69 Å². The summed E-state index contributed by atoms with van der Waals surface area (Å²) in [4.78, 5) is 32.3. The number of rotatable bonds is 9. The monoisotopic (exact) mass is 390 g/mol. The van der Waals surface area contributed by atoms with Crippen LogP contribution >= 0.6 is 0 Å². The van der Waals surface area contributed by atoms with Crippen molar-refractivity contribution in [3.05, 3.63) is 60.0 Å². The standard InChI is InChI=1S/C23H26N4O2/c1-2-3-4-5-9-21(28)26-13-16-7-6-8-17(12-16)19-15-25-14-18-10-11-20(23(24)29)27-22(18)19/h6-8,10-12,14-15H,2-5,9,13H2,1H3,(H2,24,29)(H,26,28). The average molecular weight is 390 g/mol. The number of pyridine rings is 2. The van der Waals surface area contributed by atoms with Gasteiger partial charge in [-0.1, -0.05) is 44.4 Å². The summed E-state index contributed by atoms with van der Waals surface area (Å²) in [5, 5.41) is 3.82. The summed E-state index contributed by atoms with van der Waals surface area (Å²) in [6.45, 7) is 2.63. The van der Waals surface area contributed by atoms with E-state index in [0.29, 0.717) is 18.5 Å². The van der Waals surface area contributed by atoms with Crippen molar-refractivity contribution in [3.8, 4) is 11.1 Å². The first-order valence-corrected chi connectivity index (χ1v) is 9.99. The van der Waals surface area contributed by atoms with Crippen LogP contribution in [0.25, 0.3) is 22.0 Å². The Morgan fingerprint density at radius 1 is 1.07 bits per heavy atom. The molecule has 29 heavy (non-hydrogen) atoms. The number of benzene rings is 1. The van der Waals surface area contributed by atoms with Crippen molar-refractivity contribution in [2.24, 2.45) is 5.73 Å². The molecule has 6 heteroatoms. The molecule has 150 valence electrons. The molecule has 0 aliphatic heterocycles. The number of hydrogen-bond donors (Lipinski definition) is 2. The van der Waals surface area contributed by atoms with Gasteiger partial charge in [-0.05, 0) is 35.7 Å². The summed E-state index contributed by atoms with van der Waals surface area (Å²) < 4.78 is 0. The van der Waals surface area contributed by atoms with Gasteiger partial charge in [0.15, 0.2) is 0 Å². The highest BCUT2D eigenvalue weighted by Gasteiger charge is 2.10. The second-order valence-corrected chi connectivity index (χ2v) is 7.11. The van der Waals surface area contributed by atoms with E-state index in [-0.39, 0.29) is 11.6 Å². The lowest BCUT2D eigenvalue weighted by Crippen LogP contribution is -2.22. The Bertz CT molecular complexity index is 1020.